The van der Waals surface area contributed by atoms with Gasteiger partial charge in [0.05, 0.1) is 6.20 Å². The zero-order valence-corrected chi connectivity index (χ0v) is 24.0. The van der Waals surface area contributed by atoms with Gasteiger partial charge in [-0.15, -0.1) is 0 Å². The van der Waals surface area contributed by atoms with Gasteiger partial charge in [0.15, 0.2) is 0 Å². The van der Waals surface area contributed by atoms with E-state index in [0.717, 1.165) is 72.9 Å². The van der Waals surface area contributed by atoms with E-state index in [1.54, 1.807) is 0 Å². The number of benzene rings is 1. The highest BCUT2D eigenvalue weighted by Gasteiger charge is 2.45. The number of rotatable bonds is 4. The summed E-state index contributed by atoms with van der Waals surface area (Å²) in [5.74, 6) is 1.16. The number of piperidine rings is 1. The van der Waals surface area contributed by atoms with Gasteiger partial charge in [-0.25, -0.2) is 9.48 Å². The Hall–Kier alpha value is -3.59. The van der Waals surface area contributed by atoms with E-state index in [-0.39, 0.29) is 30.5 Å². The highest BCUT2D eigenvalue weighted by Crippen LogP contribution is 2.41. The van der Waals surface area contributed by atoms with Crippen LogP contribution in [0.15, 0.2) is 42.7 Å². The van der Waals surface area contributed by atoms with Gasteiger partial charge in [-0.2, -0.15) is 10.1 Å². The smallest absolute Gasteiger partial charge is 0.410 e. The highest BCUT2D eigenvalue weighted by atomic mass is 16.6. The summed E-state index contributed by atoms with van der Waals surface area (Å²) in [7, 11) is 0. The number of ether oxygens (including phenoxy) is 4. The molecule has 6 heterocycles. The van der Waals surface area contributed by atoms with Gasteiger partial charge in [0.25, 0.3) is 0 Å². The average Bonchev–Trinajstić information content (AvgIpc) is 3.55. The van der Waals surface area contributed by atoms with Gasteiger partial charge in [-0.05, 0) is 81.7 Å². The lowest BCUT2D eigenvalue weighted by atomic mass is 9.95. The van der Waals surface area contributed by atoms with Crippen molar-refractivity contribution in [1.82, 2.24) is 19.7 Å². The summed E-state index contributed by atoms with van der Waals surface area (Å²) in [5.41, 5.74) is 4.90. The second-order valence-electron chi connectivity index (χ2n) is 12.7. The first-order valence-electron chi connectivity index (χ1n) is 14.9. The number of carbonyl (C=O) groups is 1. The summed E-state index contributed by atoms with van der Waals surface area (Å²) in [6, 6.07) is 10.7. The zero-order valence-electron chi connectivity index (χ0n) is 24.0. The molecule has 2 bridgehead atoms. The minimum absolute atomic E-state index is 0.00935. The van der Waals surface area contributed by atoms with E-state index < -0.39 is 5.60 Å². The first-order valence-corrected chi connectivity index (χ1v) is 14.9. The molecule has 0 radical (unpaired) electrons. The molecule has 9 nitrogen and oxygen atoms in total. The maximum Gasteiger partial charge on any atom is 0.410 e. The summed E-state index contributed by atoms with van der Waals surface area (Å²) in [5, 5.41) is 4.57. The van der Waals surface area contributed by atoms with Crippen molar-refractivity contribution in [3.05, 3.63) is 48.3 Å². The summed E-state index contributed by atoms with van der Waals surface area (Å²) in [6.45, 7) is 6.97. The van der Waals surface area contributed by atoms with E-state index in [0.29, 0.717) is 18.4 Å². The molecule has 3 aromatic rings. The first kappa shape index (κ1) is 26.3. The van der Waals surface area contributed by atoms with Crippen LogP contribution in [0.4, 0.5) is 4.79 Å². The number of nitrogens with zero attached hydrogens (tertiary/aromatic N) is 4. The van der Waals surface area contributed by atoms with E-state index in [1.807, 2.05) is 48.7 Å². The molecule has 4 atom stereocenters. The van der Waals surface area contributed by atoms with Crippen LogP contribution in [0.5, 0.6) is 11.8 Å². The Bertz CT molecular complexity index is 1430. The summed E-state index contributed by atoms with van der Waals surface area (Å²) < 4.78 is 26.0. The Balaban J connectivity index is 1.03. The predicted molar refractivity (Wildman–Crippen MR) is 153 cm³/mol. The number of hydrogen-bond donors (Lipinski definition) is 0. The van der Waals surface area contributed by atoms with Gasteiger partial charge in [0.1, 0.15) is 24.5 Å². The van der Waals surface area contributed by atoms with Gasteiger partial charge in [0, 0.05) is 54.9 Å². The Labute approximate surface area is 240 Å². The fourth-order valence-electron chi connectivity index (χ4n) is 6.69. The van der Waals surface area contributed by atoms with Gasteiger partial charge in [0.2, 0.25) is 11.8 Å². The van der Waals surface area contributed by atoms with Crippen molar-refractivity contribution in [2.75, 3.05) is 6.61 Å². The van der Waals surface area contributed by atoms with Crippen LogP contribution in [-0.4, -0.2) is 56.2 Å². The van der Waals surface area contributed by atoms with Crippen LogP contribution in [0.25, 0.3) is 22.3 Å². The van der Waals surface area contributed by atoms with Crippen LogP contribution < -0.4 is 9.47 Å². The van der Waals surface area contributed by atoms with Gasteiger partial charge in [-0.1, -0.05) is 12.1 Å². The minimum Gasteiger partial charge on any atom is -0.474 e. The van der Waals surface area contributed by atoms with Crippen LogP contribution in [-0.2, 0) is 16.1 Å². The van der Waals surface area contributed by atoms with Crippen molar-refractivity contribution in [3.8, 4) is 34.0 Å². The lowest BCUT2D eigenvalue weighted by Crippen LogP contribution is -2.50. The SMILES string of the molecule is CC(C)(C)OC(=O)N1[C@@H]2CC[C@H]1CC(Oc1ccc3c(n1)OCc1cc(-c4cnn(C5CCCCO5)c4)ccc1-3)C2. The number of amides is 1. The Kier molecular flexibility index (Phi) is 6.64. The van der Waals surface area contributed by atoms with E-state index in [1.165, 1.54) is 6.42 Å². The third-order valence-electron chi connectivity index (χ3n) is 8.56. The summed E-state index contributed by atoms with van der Waals surface area (Å²) in [6.07, 6.45) is 10.6. The zero-order chi connectivity index (χ0) is 28.1. The number of pyridine rings is 1. The van der Waals surface area contributed by atoms with E-state index >= 15 is 0 Å². The lowest BCUT2D eigenvalue weighted by Gasteiger charge is -2.39. The number of aromatic nitrogens is 3. The van der Waals surface area contributed by atoms with Crippen molar-refractivity contribution in [2.45, 2.75) is 102 Å². The molecule has 0 spiro atoms. The number of fused-ring (bicyclic) bond motifs is 5. The molecule has 4 aliphatic heterocycles. The Morgan fingerprint density at radius 3 is 2.56 bits per heavy atom. The van der Waals surface area contributed by atoms with Crippen molar-refractivity contribution < 1.29 is 23.7 Å². The topological polar surface area (TPSA) is 87.9 Å². The predicted octanol–water partition coefficient (Wildman–Crippen LogP) is 6.51. The van der Waals surface area contributed by atoms with Gasteiger partial charge < -0.3 is 23.8 Å². The third-order valence-corrected chi connectivity index (χ3v) is 8.56. The molecule has 9 heteroatoms. The molecule has 3 fully saturated rings. The molecule has 0 N–H and O–H groups in total. The molecule has 0 aliphatic carbocycles. The molecule has 216 valence electrons. The maximum atomic E-state index is 12.8. The molecule has 1 amide bonds. The van der Waals surface area contributed by atoms with Crippen LogP contribution in [0, 0.1) is 0 Å². The lowest BCUT2D eigenvalue weighted by molar-refractivity contribution is -0.0394. The molecule has 7 rings (SSSR count). The molecule has 4 aliphatic rings. The largest absolute Gasteiger partial charge is 0.474 e. The Morgan fingerprint density at radius 2 is 1.80 bits per heavy atom. The summed E-state index contributed by atoms with van der Waals surface area (Å²) in [4.78, 5) is 19.5. The van der Waals surface area contributed by atoms with Gasteiger partial charge >= 0.3 is 6.09 Å². The molecular weight excluding hydrogens is 520 g/mol. The summed E-state index contributed by atoms with van der Waals surface area (Å²) >= 11 is 0. The van der Waals surface area contributed by atoms with Crippen molar-refractivity contribution in [1.29, 1.82) is 0 Å². The van der Waals surface area contributed by atoms with E-state index in [4.69, 9.17) is 23.9 Å². The number of carbonyl (C=O) groups excluding carboxylic acids is 1. The highest BCUT2D eigenvalue weighted by molar-refractivity contribution is 5.77. The second kappa shape index (κ2) is 10.4. The van der Waals surface area contributed by atoms with Crippen LogP contribution in [0.2, 0.25) is 0 Å². The molecule has 2 aromatic heterocycles. The van der Waals surface area contributed by atoms with Gasteiger partial charge in [-0.3, -0.25) is 0 Å². The molecule has 0 saturated carbocycles. The molecule has 41 heavy (non-hydrogen) atoms. The van der Waals surface area contributed by atoms with Crippen LogP contribution in [0.1, 0.15) is 77.5 Å². The Morgan fingerprint density at radius 1 is 1.00 bits per heavy atom. The monoisotopic (exact) mass is 558 g/mol. The molecule has 1 aromatic carbocycles. The van der Waals surface area contributed by atoms with E-state index in [9.17, 15) is 4.79 Å². The van der Waals surface area contributed by atoms with E-state index in [2.05, 4.69) is 29.5 Å². The fraction of sp³-hybridized carbons (Fsp3) is 0.531. The first-order chi connectivity index (χ1) is 19.8. The normalized spacial score (nSPS) is 25.2. The third kappa shape index (κ3) is 5.27. The van der Waals surface area contributed by atoms with Crippen molar-refractivity contribution in [2.24, 2.45) is 0 Å². The maximum absolute atomic E-state index is 12.8. The second-order valence-corrected chi connectivity index (χ2v) is 12.7. The standard InChI is InChI=1S/C32H38N4O5/c1-32(2,3)41-31(37)36-23-8-9-24(36)16-25(15-23)40-28-12-11-27-26-10-7-20(14-21(26)19-39-30(27)34-28)22-17-33-35(18-22)29-6-4-5-13-38-29/h7,10-12,14,17-18,23-25,29H,4-6,8-9,13,15-16,19H2,1-3H3/t23-,24+,25?,29?. The van der Waals surface area contributed by atoms with Crippen LogP contribution in [0.3, 0.4) is 0 Å². The quantitative estimate of drug-likeness (QED) is 0.361. The average molecular weight is 559 g/mol. The molecule has 2 unspecified atom stereocenters. The minimum atomic E-state index is -0.496. The molecular formula is C32H38N4O5. The van der Waals surface area contributed by atoms with Crippen molar-refractivity contribution >= 4 is 6.09 Å². The molecule has 3 saturated heterocycles. The van der Waals surface area contributed by atoms with Crippen molar-refractivity contribution in [3.63, 3.8) is 0 Å². The fourth-order valence-corrected chi connectivity index (χ4v) is 6.69. The number of hydrogen-bond acceptors (Lipinski definition) is 7. The van der Waals surface area contributed by atoms with Crippen LogP contribution >= 0.6 is 0 Å².